The highest BCUT2D eigenvalue weighted by molar-refractivity contribution is 6.30. The Balaban J connectivity index is 2.01. The minimum atomic E-state index is -0.484. The van der Waals surface area contributed by atoms with Crippen LogP contribution in [0.15, 0.2) is 36.4 Å². The minimum absolute atomic E-state index is 0.0553. The van der Waals surface area contributed by atoms with Gasteiger partial charge in [0.05, 0.1) is 18.5 Å². The van der Waals surface area contributed by atoms with E-state index in [4.69, 9.17) is 16.3 Å². The Morgan fingerprint density at radius 1 is 1.28 bits per heavy atom. The summed E-state index contributed by atoms with van der Waals surface area (Å²) in [4.78, 5) is 37.3. The number of benzene rings is 2. The first-order valence-electron chi connectivity index (χ1n) is 9.25. The van der Waals surface area contributed by atoms with Crippen LogP contribution < -0.4 is 4.90 Å². The first-order valence-corrected chi connectivity index (χ1v) is 9.62. The van der Waals surface area contributed by atoms with E-state index in [9.17, 15) is 19.7 Å². The number of esters is 1. The van der Waals surface area contributed by atoms with Crippen molar-refractivity contribution in [1.82, 2.24) is 0 Å². The van der Waals surface area contributed by atoms with Gasteiger partial charge in [-0.3, -0.25) is 19.7 Å². The number of hydrogen-bond donors (Lipinski definition) is 0. The van der Waals surface area contributed by atoms with E-state index in [1.54, 1.807) is 30.0 Å². The summed E-state index contributed by atoms with van der Waals surface area (Å²) < 4.78 is 4.82. The lowest BCUT2D eigenvalue weighted by Crippen LogP contribution is -2.32. The van der Waals surface area contributed by atoms with E-state index in [2.05, 4.69) is 0 Å². The van der Waals surface area contributed by atoms with Crippen molar-refractivity contribution in [2.24, 2.45) is 0 Å². The average molecular weight is 417 g/mol. The van der Waals surface area contributed by atoms with Crippen LogP contribution in [0, 0.1) is 17.0 Å². The highest BCUT2D eigenvalue weighted by Gasteiger charge is 2.29. The Morgan fingerprint density at radius 2 is 2.03 bits per heavy atom. The fraction of sp³-hybridized carbons (Fsp3) is 0.333. The maximum absolute atomic E-state index is 13.3. The van der Waals surface area contributed by atoms with Crippen molar-refractivity contribution in [1.29, 1.82) is 0 Å². The molecule has 0 N–H and O–H groups in total. The zero-order chi connectivity index (χ0) is 21.1. The SMILES string of the molecule is COC(=O)CC1CCCN(C(=O)c2ccc([N+](=O)[O-])cc2C)c2ccc(Cl)cc21. The normalized spacial score (nSPS) is 16.0. The summed E-state index contributed by atoms with van der Waals surface area (Å²) >= 11 is 6.20. The van der Waals surface area contributed by atoms with Crippen LogP contribution in [0.25, 0.3) is 0 Å². The molecular weight excluding hydrogens is 396 g/mol. The molecule has 8 heteroatoms. The van der Waals surface area contributed by atoms with Crippen molar-refractivity contribution in [3.8, 4) is 0 Å². The number of aryl methyl sites for hydroxylation is 1. The van der Waals surface area contributed by atoms with Gasteiger partial charge in [-0.25, -0.2) is 0 Å². The van der Waals surface area contributed by atoms with Gasteiger partial charge in [-0.05, 0) is 61.1 Å². The molecule has 1 unspecified atom stereocenters. The zero-order valence-electron chi connectivity index (χ0n) is 16.2. The number of fused-ring (bicyclic) bond motifs is 1. The number of ether oxygens (including phenoxy) is 1. The second-order valence-corrected chi connectivity index (χ2v) is 7.47. The van der Waals surface area contributed by atoms with Gasteiger partial charge in [-0.1, -0.05) is 11.6 Å². The summed E-state index contributed by atoms with van der Waals surface area (Å²) in [6.45, 7) is 2.16. The molecule has 152 valence electrons. The standard InChI is InChI=1S/C21H21ClN2O5/c1-13-10-16(24(27)28)6-7-17(13)21(26)23-9-3-4-14(11-20(25)29-2)18-12-15(22)5-8-19(18)23/h5-8,10,12,14H,3-4,9,11H2,1-2H3. The minimum Gasteiger partial charge on any atom is -0.469 e. The van der Waals surface area contributed by atoms with E-state index in [0.29, 0.717) is 41.2 Å². The number of nitro groups is 1. The number of halogens is 1. The number of rotatable bonds is 4. The Bertz CT molecular complexity index is 976. The highest BCUT2D eigenvalue weighted by Crippen LogP contribution is 2.39. The molecule has 29 heavy (non-hydrogen) atoms. The molecule has 7 nitrogen and oxygen atoms in total. The molecule has 3 rings (SSSR count). The predicted molar refractivity (Wildman–Crippen MR) is 110 cm³/mol. The molecule has 1 atom stereocenters. The van der Waals surface area contributed by atoms with Gasteiger partial charge in [-0.2, -0.15) is 0 Å². The van der Waals surface area contributed by atoms with E-state index in [0.717, 1.165) is 5.56 Å². The molecule has 1 aliphatic heterocycles. The van der Waals surface area contributed by atoms with Crippen LogP contribution in [-0.4, -0.2) is 30.5 Å². The number of non-ortho nitro benzene ring substituents is 1. The number of carbonyl (C=O) groups excluding carboxylic acids is 2. The van der Waals surface area contributed by atoms with Crippen molar-refractivity contribution in [3.63, 3.8) is 0 Å². The first-order chi connectivity index (χ1) is 13.8. The van der Waals surface area contributed by atoms with Crippen molar-refractivity contribution < 1.29 is 19.2 Å². The van der Waals surface area contributed by atoms with E-state index in [1.807, 2.05) is 0 Å². The molecule has 2 aromatic rings. The number of anilines is 1. The second-order valence-electron chi connectivity index (χ2n) is 7.04. The van der Waals surface area contributed by atoms with Crippen LogP contribution in [0.5, 0.6) is 0 Å². The van der Waals surface area contributed by atoms with Crippen LogP contribution in [0.2, 0.25) is 5.02 Å². The molecule has 2 aromatic carbocycles. The van der Waals surface area contributed by atoms with Gasteiger partial charge in [0.2, 0.25) is 0 Å². The van der Waals surface area contributed by atoms with E-state index in [1.165, 1.54) is 25.3 Å². The second kappa shape index (κ2) is 8.61. The van der Waals surface area contributed by atoms with E-state index < -0.39 is 4.92 Å². The fourth-order valence-corrected chi connectivity index (χ4v) is 3.90. The number of nitro benzene ring substituents is 1. The monoisotopic (exact) mass is 416 g/mol. The molecule has 0 spiro atoms. The summed E-state index contributed by atoms with van der Waals surface area (Å²) in [6.07, 6.45) is 1.62. The van der Waals surface area contributed by atoms with Gasteiger partial charge in [0, 0.05) is 35.0 Å². The van der Waals surface area contributed by atoms with Crippen LogP contribution in [0.4, 0.5) is 11.4 Å². The Morgan fingerprint density at radius 3 is 2.69 bits per heavy atom. The molecule has 0 aromatic heterocycles. The quantitative estimate of drug-likeness (QED) is 0.411. The molecule has 1 aliphatic rings. The van der Waals surface area contributed by atoms with E-state index in [-0.39, 0.29) is 29.9 Å². The van der Waals surface area contributed by atoms with Crippen molar-refractivity contribution in [3.05, 3.63) is 68.2 Å². The van der Waals surface area contributed by atoms with Crippen molar-refractivity contribution in [2.75, 3.05) is 18.6 Å². The van der Waals surface area contributed by atoms with Crippen molar-refractivity contribution >= 4 is 34.9 Å². The van der Waals surface area contributed by atoms with Gasteiger partial charge in [0.25, 0.3) is 11.6 Å². The number of carbonyl (C=O) groups is 2. The summed E-state index contributed by atoms with van der Waals surface area (Å²) in [7, 11) is 1.35. The Labute approximate surface area is 173 Å². The molecule has 1 amide bonds. The molecule has 0 aliphatic carbocycles. The lowest BCUT2D eigenvalue weighted by molar-refractivity contribution is -0.384. The molecule has 1 heterocycles. The highest BCUT2D eigenvalue weighted by atomic mass is 35.5. The summed E-state index contributed by atoms with van der Waals surface area (Å²) in [5.74, 6) is -0.654. The Hall–Kier alpha value is -2.93. The van der Waals surface area contributed by atoms with Gasteiger partial charge in [0.1, 0.15) is 0 Å². The third kappa shape index (κ3) is 4.40. The number of hydrogen-bond acceptors (Lipinski definition) is 5. The first kappa shape index (κ1) is 20.8. The lowest BCUT2D eigenvalue weighted by Gasteiger charge is -2.25. The largest absolute Gasteiger partial charge is 0.469 e. The molecule has 0 bridgehead atoms. The van der Waals surface area contributed by atoms with Crippen LogP contribution in [0.3, 0.4) is 0 Å². The van der Waals surface area contributed by atoms with Gasteiger partial charge in [0.15, 0.2) is 0 Å². The fourth-order valence-electron chi connectivity index (χ4n) is 3.72. The summed E-state index contributed by atoms with van der Waals surface area (Å²) in [6, 6.07) is 9.51. The molecule has 0 saturated carbocycles. The van der Waals surface area contributed by atoms with Crippen molar-refractivity contribution in [2.45, 2.75) is 32.1 Å². The smallest absolute Gasteiger partial charge is 0.306 e. The summed E-state index contributed by atoms with van der Waals surface area (Å²) in [5.41, 5.74) is 2.41. The number of methoxy groups -OCH3 is 1. The van der Waals surface area contributed by atoms with E-state index >= 15 is 0 Å². The van der Waals surface area contributed by atoms with Crippen LogP contribution >= 0.6 is 11.6 Å². The number of nitrogens with zero attached hydrogens (tertiary/aromatic N) is 2. The third-order valence-electron chi connectivity index (χ3n) is 5.19. The maximum Gasteiger partial charge on any atom is 0.306 e. The number of amides is 1. The average Bonchev–Trinajstić information content (AvgIpc) is 2.86. The molecule has 0 radical (unpaired) electrons. The summed E-state index contributed by atoms with van der Waals surface area (Å²) in [5, 5.41) is 11.5. The Kier molecular flexibility index (Phi) is 6.17. The topological polar surface area (TPSA) is 89.8 Å². The molecule has 0 saturated heterocycles. The molecule has 0 fully saturated rings. The zero-order valence-corrected chi connectivity index (χ0v) is 16.9. The lowest BCUT2D eigenvalue weighted by atomic mass is 9.91. The van der Waals surface area contributed by atoms with Gasteiger partial charge >= 0.3 is 5.97 Å². The van der Waals surface area contributed by atoms with Crippen LogP contribution in [0.1, 0.15) is 46.7 Å². The van der Waals surface area contributed by atoms with Crippen LogP contribution in [-0.2, 0) is 9.53 Å². The maximum atomic E-state index is 13.3. The third-order valence-corrected chi connectivity index (χ3v) is 5.43. The predicted octanol–water partition coefficient (Wildman–Crippen LogP) is 4.64. The van der Waals surface area contributed by atoms with Gasteiger partial charge < -0.3 is 9.64 Å². The molecular formula is C21H21ClN2O5. The van der Waals surface area contributed by atoms with Gasteiger partial charge in [-0.15, -0.1) is 0 Å².